The SMILES string of the molecule is CN(C)C(=O)c1cnn2c(C3CCCCN3C(=O)c3ccccc3CN3CCCCC3)ccnc12. The standard InChI is InChI=1S/C27H34N6O2/c1-30(2)26(34)22-18-29-33-24(13-14-28-25(22)33)23-12-6-9-17-32(23)27(35)21-11-5-4-10-20(21)19-31-15-7-3-8-16-31/h4-5,10-11,13-14,18,23H,3,6-9,12,15-17,19H2,1-2H3. The van der Waals surface area contributed by atoms with E-state index in [1.54, 1.807) is 31.0 Å². The third kappa shape index (κ3) is 4.67. The summed E-state index contributed by atoms with van der Waals surface area (Å²) >= 11 is 0. The molecule has 0 spiro atoms. The Morgan fingerprint density at radius 3 is 2.54 bits per heavy atom. The topological polar surface area (TPSA) is 74.1 Å². The predicted octanol–water partition coefficient (Wildman–Crippen LogP) is 3.78. The van der Waals surface area contributed by atoms with Crippen LogP contribution in [0.4, 0.5) is 0 Å². The van der Waals surface area contributed by atoms with E-state index in [9.17, 15) is 9.59 Å². The van der Waals surface area contributed by atoms with Crippen LogP contribution in [0.25, 0.3) is 5.65 Å². The van der Waals surface area contributed by atoms with Crippen LogP contribution in [0.3, 0.4) is 0 Å². The molecular formula is C27H34N6O2. The number of likely N-dealkylation sites (tertiary alicyclic amines) is 2. The molecule has 2 aliphatic rings. The first kappa shape index (κ1) is 23.5. The molecule has 1 unspecified atom stereocenters. The number of piperidine rings is 2. The molecule has 0 radical (unpaired) electrons. The van der Waals surface area contributed by atoms with Crippen LogP contribution in [-0.2, 0) is 6.54 Å². The second-order valence-electron chi connectivity index (χ2n) is 9.87. The molecule has 2 amide bonds. The van der Waals surface area contributed by atoms with E-state index < -0.39 is 0 Å². The highest BCUT2D eigenvalue weighted by Gasteiger charge is 2.32. The Hall–Kier alpha value is -3.26. The lowest BCUT2D eigenvalue weighted by molar-refractivity contribution is 0.0600. The smallest absolute Gasteiger partial charge is 0.258 e. The van der Waals surface area contributed by atoms with Crippen LogP contribution < -0.4 is 0 Å². The van der Waals surface area contributed by atoms with Crippen LogP contribution in [0, 0.1) is 0 Å². The van der Waals surface area contributed by atoms with Gasteiger partial charge in [0.15, 0.2) is 5.65 Å². The minimum atomic E-state index is -0.132. The van der Waals surface area contributed by atoms with E-state index in [1.165, 1.54) is 24.2 Å². The maximum atomic E-state index is 14.0. The minimum Gasteiger partial charge on any atom is -0.345 e. The Morgan fingerprint density at radius 2 is 1.74 bits per heavy atom. The van der Waals surface area contributed by atoms with Gasteiger partial charge in [-0.3, -0.25) is 14.5 Å². The average molecular weight is 475 g/mol. The summed E-state index contributed by atoms with van der Waals surface area (Å²) in [7, 11) is 3.44. The molecule has 3 aromatic rings. The molecule has 4 heterocycles. The first-order chi connectivity index (χ1) is 17.0. The molecule has 8 heteroatoms. The van der Waals surface area contributed by atoms with Gasteiger partial charge >= 0.3 is 0 Å². The Labute approximate surface area is 206 Å². The van der Waals surface area contributed by atoms with Crippen molar-refractivity contribution < 1.29 is 9.59 Å². The summed E-state index contributed by atoms with van der Waals surface area (Å²) in [6, 6.07) is 9.87. The third-order valence-corrected chi connectivity index (χ3v) is 7.26. The molecule has 184 valence electrons. The largest absolute Gasteiger partial charge is 0.345 e. The third-order valence-electron chi connectivity index (χ3n) is 7.26. The second kappa shape index (κ2) is 10.2. The molecule has 0 N–H and O–H groups in total. The van der Waals surface area contributed by atoms with Crippen molar-refractivity contribution in [1.29, 1.82) is 0 Å². The summed E-state index contributed by atoms with van der Waals surface area (Å²) in [6.45, 7) is 3.71. The van der Waals surface area contributed by atoms with Crippen molar-refractivity contribution in [3.8, 4) is 0 Å². The Kier molecular flexibility index (Phi) is 6.81. The number of carbonyl (C=O) groups excluding carboxylic acids is 2. The normalized spacial score (nSPS) is 19.1. The molecule has 1 atom stereocenters. The van der Waals surface area contributed by atoms with Crippen molar-refractivity contribution in [2.45, 2.75) is 51.1 Å². The molecular weight excluding hydrogens is 440 g/mol. The van der Waals surface area contributed by atoms with E-state index in [4.69, 9.17) is 0 Å². The van der Waals surface area contributed by atoms with Gasteiger partial charge < -0.3 is 9.80 Å². The summed E-state index contributed by atoms with van der Waals surface area (Å²) in [5.41, 5.74) is 3.79. The minimum absolute atomic E-state index is 0.0732. The van der Waals surface area contributed by atoms with Crippen molar-refractivity contribution in [3.05, 3.63) is 65.1 Å². The monoisotopic (exact) mass is 474 g/mol. The quantitative estimate of drug-likeness (QED) is 0.563. The van der Waals surface area contributed by atoms with Gasteiger partial charge in [0.2, 0.25) is 0 Å². The molecule has 2 fully saturated rings. The zero-order chi connectivity index (χ0) is 24.4. The van der Waals surface area contributed by atoms with Gasteiger partial charge in [0.25, 0.3) is 11.8 Å². The van der Waals surface area contributed by atoms with Gasteiger partial charge in [-0.05, 0) is 62.9 Å². The molecule has 1 aromatic carbocycles. The maximum Gasteiger partial charge on any atom is 0.258 e. The molecule has 0 bridgehead atoms. The van der Waals surface area contributed by atoms with Gasteiger partial charge in [0, 0.05) is 38.9 Å². The van der Waals surface area contributed by atoms with Crippen LogP contribution in [0.15, 0.2) is 42.7 Å². The van der Waals surface area contributed by atoms with Gasteiger partial charge in [-0.1, -0.05) is 24.6 Å². The van der Waals surface area contributed by atoms with Crippen LogP contribution in [0.5, 0.6) is 0 Å². The fourth-order valence-electron chi connectivity index (χ4n) is 5.42. The van der Waals surface area contributed by atoms with Crippen molar-refractivity contribution in [2.24, 2.45) is 0 Å². The van der Waals surface area contributed by atoms with E-state index in [0.717, 1.165) is 55.7 Å². The Balaban J connectivity index is 1.47. The van der Waals surface area contributed by atoms with Gasteiger partial charge in [-0.25, -0.2) is 9.50 Å². The maximum absolute atomic E-state index is 14.0. The van der Waals surface area contributed by atoms with Gasteiger partial charge in [0.1, 0.15) is 5.56 Å². The summed E-state index contributed by atoms with van der Waals surface area (Å²) in [6.07, 6.45) is 9.93. The van der Waals surface area contributed by atoms with Gasteiger partial charge in [-0.2, -0.15) is 5.10 Å². The van der Waals surface area contributed by atoms with E-state index in [1.807, 2.05) is 29.2 Å². The van der Waals surface area contributed by atoms with Gasteiger partial charge in [-0.15, -0.1) is 0 Å². The summed E-state index contributed by atoms with van der Waals surface area (Å²) < 4.78 is 1.74. The lowest BCUT2D eigenvalue weighted by atomic mass is 9.96. The fraction of sp³-hybridized carbons (Fsp3) is 0.481. The van der Waals surface area contributed by atoms with E-state index in [2.05, 4.69) is 21.0 Å². The first-order valence-electron chi connectivity index (χ1n) is 12.7. The number of fused-ring (bicyclic) bond motifs is 1. The number of hydrogen-bond acceptors (Lipinski definition) is 5. The molecule has 0 aliphatic carbocycles. The molecule has 5 rings (SSSR count). The summed E-state index contributed by atoms with van der Waals surface area (Å²) in [5, 5.41) is 4.52. The number of carbonyl (C=O) groups is 2. The van der Waals surface area contributed by atoms with E-state index in [-0.39, 0.29) is 17.9 Å². The van der Waals surface area contributed by atoms with Crippen LogP contribution in [0.1, 0.15) is 76.5 Å². The zero-order valence-corrected chi connectivity index (χ0v) is 20.7. The molecule has 2 aromatic heterocycles. The zero-order valence-electron chi connectivity index (χ0n) is 20.7. The van der Waals surface area contributed by atoms with E-state index in [0.29, 0.717) is 17.8 Å². The highest BCUT2D eigenvalue weighted by molar-refractivity contribution is 5.99. The van der Waals surface area contributed by atoms with Crippen LogP contribution in [0.2, 0.25) is 0 Å². The summed E-state index contributed by atoms with van der Waals surface area (Å²) in [4.78, 5) is 37.1. The van der Waals surface area contributed by atoms with Crippen molar-refractivity contribution >= 4 is 17.5 Å². The van der Waals surface area contributed by atoms with Crippen molar-refractivity contribution in [2.75, 3.05) is 33.7 Å². The number of hydrogen-bond donors (Lipinski definition) is 0. The molecule has 0 saturated carbocycles. The molecule has 8 nitrogen and oxygen atoms in total. The highest BCUT2D eigenvalue weighted by Crippen LogP contribution is 2.33. The summed E-state index contributed by atoms with van der Waals surface area (Å²) in [5.74, 6) is -0.0584. The first-order valence-corrected chi connectivity index (χ1v) is 12.7. The van der Waals surface area contributed by atoms with Crippen LogP contribution in [-0.4, -0.2) is 74.8 Å². The number of nitrogens with zero attached hydrogens (tertiary/aromatic N) is 6. The van der Waals surface area contributed by atoms with Crippen molar-refractivity contribution in [1.82, 2.24) is 29.3 Å². The Bertz CT molecular complexity index is 1210. The highest BCUT2D eigenvalue weighted by atomic mass is 16.2. The predicted molar refractivity (Wildman–Crippen MR) is 134 cm³/mol. The molecule has 35 heavy (non-hydrogen) atoms. The average Bonchev–Trinajstić information content (AvgIpc) is 3.33. The second-order valence-corrected chi connectivity index (χ2v) is 9.87. The molecule has 2 aliphatic heterocycles. The van der Waals surface area contributed by atoms with Gasteiger partial charge in [0.05, 0.1) is 17.9 Å². The lowest BCUT2D eigenvalue weighted by Crippen LogP contribution is -2.40. The van der Waals surface area contributed by atoms with E-state index >= 15 is 0 Å². The number of amides is 2. The Morgan fingerprint density at radius 1 is 0.971 bits per heavy atom. The van der Waals surface area contributed by atoms with Crippen molar-refractivity contribution in [3.63, 3.8) is 0 Å². The number of aromatic nitrogens is 3. The lowest BCUT2D eigenvalue weighted by Gasteiger charge is -2.36. The fourth-order valence-corrected chi connectivity index (χ4v) is 5.42. The van der Waals surface area contributed by atoms with Crippen LogP contribution >= 0.6 is 0 Å². The number of benzene rings is 1. The number of rotatable bonds is 5. The molecule has 2 saturated heterocycles.